The van der Waals surface area contributed by atoms with Crippen molar-refractivity contribution >= 4 is 16.6 Å². The fourth-order valence-corrected chi connectivity index (χ4v) is 2.48. The van der Waals surface area contributed by atoms with Crippen LogP contribution in [0.1, 0.15) is 25.3 Å². The van der Waals surface area contributed by atoms with Crippen LogP contribution in [0.25, 0.3) is 10.9 Å². The maximum absolute atomic E-state index is 5.69. The number of hydrogen-bond donors (Lipinski definition) is 1. The third kappa shape index (κ3) is 4.01. The summed E-state index contributed by atoms with van der Waals surface area (Å²) in [6.07, 6.45) is 4.08. The molecule has 0 aliphatic rings. The van der Waals surface area contributed by atoms with Crippen LogP contribution in [-0.2, 0) is 6.54 Å². The molecule has 1 N–H and O–H groups in total. The first-order valence-electron chi connectivity index (χ1n) is 8.16. The Bertz CT molecular complexity index is 748. The van der Waals surface area contributed by atoms with E-state index in [0.717, 1.165) is 48.3 Å². The smallest absolute Gasteiger partial charge is 0.119 e. The van der Waals surface area contributed by atoms with Crippen LogP contribution in [0.4, 0.5) is 5.69 Å². The van der Waals surface area contributed by atoms with Gasteiger partial charge in [0.05, 0.1) is 17.8 Å². The summed E-state index contributed by atoms with van der Waals surface area (Å²) in [5, 5.41) is 4.62. The normalized spacial score (nSPS) is 10.7. The Balaban J connectivity index is 1.63. The number of pyridine rings is 1. The number of hydrogen-bond acceptors (Lipinski definition) is 3. The standard InChI is InChI=1S/C20H22N2O/c1-2-3-14-23-18-11-9-16(10-12-18)15-22-19-8-4-6-17-7-5-13-21-20(17)19/h4-13,22H,2-3,14-15H2,1H3. The minimum Gasteiger partial charge on any atom is -0.494 e. The minimum atomic E-state index is 0.769. The monoisotopic (exact) mass is 306 g/mol. The van der Waals surface area contributed by atoms with E-state index in [2.05, 4.69) is 53.6 Å². The molecule has 0 fully saturated rings. The van der Waals surface area contributed by atoms with Gasteiger partial charge in [-0.1, -0.05) is 43.7 Å². The van der Waals surface area contributed by atoms with Gasteiger partial charge < -0.3 is 10.1 Å². The highest BCUT2D eigenvalue weighted by atomic mass is 16.5. The third-order valence-corrected chi connectivity index (χ3v) is 3.81. The van der Waals surface area contributed by atoms with Crippen molar-refractivity contribution in [3.63, 3.8) is 0 Å². The molecule has 3 nitrogen and oxygen atoms in total. The van der Waals surface area contributed by atoms with Crippen LogP contribution in [0.5, 0.6) is 5.75 Å². The number of rotatable bonds is 7. The van der Waals surface area contributed by atoms with Crippen molar-refractivity contribution in [2.24, 2.45) is 0 Å². The van der Waals surface area contributed by atoms with E-state index in [9.17, 15) is 0 Å². The maximum atomic E-state index is 5.69. The third-order valence-electron chi connectivity index (χ3n) is 3.81. The molecule has 3 aromatic rings. The molecular formula is C20H22N2O. The van der Waals surface area contributed by atoms with Gasteiger partial charge in [0.2, 0.25) is 0 Å². The zero-order valence-corrected chi connectivity index (χ0v) is 13.5. The first kappa shape index (κ1) is 15.3. The number of nitrogens with zero attached hydrogens (tertiary/aromatic N) is 1. The first-order valence-corrected chi connectivity index (χ1v) is 8.16. The summed E-state index contributed by atoms with van der Waals surface area (Å²) >= 11 is 0. The molecule has 0 atom stereocenters. The van der Waals surface area contributed by atoms with Gasteiger partial charge in [-0.15, -0.1) is 0 Å². The van der Waals surface area contributed by atoms with Gasteiger partial charge in [-0.3, -0.25) is 4.98 Å². The fraction of sp³-hybridized carbons (Fsp3) is 0.250. The number of ether oxygens (including phenoxy) is 1. The number of unbranched alkanes of at least 4 members (excludes halogenated alkanes) is 1. The summed E-state index contributed by atoms with van der Waals surface area (Å²) in [5.74, 6) is 0.939. The number of para-hydroxylation sites is 1. The number of fused-ring (bicyclic) bond motifs is 1. The number of aromatic nitrogens is 1. The maximum Gasteiger partial charge on any atom is 0.119 e. The lowest BCUT2D eigenvalue weighted by Gasteiger charge is -2.10. The molecule has 0 unspecified atom stereocenters. The van der Waals surface area contributed by atoms with Crippen molar-refractivity contribution in [2.75, 3.05) is 11.9 Å². The molecule has 0 bridgehead atoms. The lowest BCUT2D eigenvalue weighted by molar-refractivity contribution is 0.309. The highest BCUT2D eigenvalue weighted by Gasteiger charge is 2.01. The van der Waals surface area contributed by atoms with Gasteiger partial charge in [-0.2, -0.15) is 0 Å². The van der Waals surface area contributed by atoms with Crippen LogP contribution < -0.4 is 10.1 Å². The van der Waals surface area contributed by atoms with Crippen LogP contribution in [0.15, 0.2) is 60.8 Å². The van der Waals surface area contributed by atoms with E-state index in [4.69, 9.17) is 4.74 Å². The Morgan fingerprint density at radius 2 is 1.83 bits per heavy atom. The number of nitrogens with one attached hydrogen (secondary N) is 1. The molecule has 118 valence electrons. The molecule has 0 aliphatic carbocycles. The fourth-order valence-electron chi connectivity index (χ4n) is 2.48. The zero-order valence-electron chi connectivity index (χ0n) is 13.5. The van der Waals surface area contributed by atoms with Crippen molar-refractivity contribution in [2.45, 2.75) is 26.3 Å². The highest BCUT2D eigenvalue weighted by molar-refractivity contribution is 5.90. The molecule has 2 aromatic carbocycles. The Morgan fingerprint density at radius 1 is 1.00 bits per heavy atom. The SMILES string of the molecule is CCCCOc1ccc(CNc2cccc3cccnc23)cc1. The van der Waals surface area contributed by atoms with E-state index in [0.29, 0.717) is 0 Å². The van der Waals surface area contributed by atoms with E-state index >= 15 is 0 Å². The van der Waals surface area contributed by atoms with Crippen LogP contribution in [0, 0.1) is 0 Å². The summed E-state index contributed by atoms with van der Waals surface area (Å²) in [4.78, 5) is 4.47. The van der Waals surface area contributed by atoms with E-state index < -0.39 is 0 Å². The average molecular weight is 306 g/mol. The molecule has 0 saturated carbocycles. The minimum absolute atomic E-state index is 0.769. The summed E-state index contributed by atoms with van der Waals surface area (Å²) in [6, 6.07) is 18.5. The Hall–Kier alpha value is -2.55. The zero-order chi connectivity index (χ0) is 15.9. The second-order valence-corrected chi connectivity index (χ2v) is 5.58. The van der Waals surface area contributed by atoms with Gasteiger partial charge in [0.15, 0.2) is 0 Å². The summed E-state index contributed by atoms with van der Waals surface area (Å²) in [7, 11) is 0. The van der Waals surface area contributed by atoms with E-state index in [1.54, 1.807) is 0 Å². The molecule has 3 heteroatoms. The van der Waals surface area contributed by atoms with Gasteiger partial charge in [0.1, 0.15) is 5.75 Å². The molecule has 23 heavy (non-hydrogen) atoms. The quantitative estimate of drug-likeness (QED) is 0.622. The summed E-state index contributed by atoms with van der Waals surface area (Å²) in [5.41, 5.74) is 3.29. The van der Waals surface area contributed by atoms with Crippen molar-refractivity contribution in [3.8, 4) is 5.75 Å². The van der Waals surface area contributed by atoms with Gasteiger partial charge in [-0.25, -0.2) is 0 Å². The Labute approximate surface area is 137 Å². The van der Waals surface area contributed by atoms with Crippen LogP contribution >= 0.6 is 0 Å². The van der Waals surface area contributed by atoms with Crippen molar-refractivity contribution < 1.29 is 4.74 Å². The predicted molar refractivity (Wildman–Crippen MR) is 95.9 cm³/mol. The molecular weight excluding hydrogens is 284 g/mol. The molecule has 0 spiro atoms. The van der Waals surface area contributed by atoms with Crippen LogP contribution in [0.2, 0.25) is 0 Å². The van der Waals surface area contributed by atoms with Crippen LogP contribution in [-0.4, -0.2) is 11.6 Å². The summed E-state index contributed by atoms with van der Waals surface area (Å²) < 4.78 is 5.69. The topological polar surface area (TPSA) is 34.1 Å². The van der Waals surface area contributed by atoms with Crippen molar-refractivity contribution in [3.05, 3.63) is 66.4 Å². The molecule has 0 aliphatic heterocycles. The molecule has 1 aromatic heterocycles. The molecule has 1 heterocycles. The van der Waals surface area contributed by atoms with E-state index in [1.807, 2.05) is 24.4 Å². The molecule has 0 amide bonds. The lowest BCUT2D eigenvalue weighted by atomic mass is 10.1. The van der Waals surface area contributed by atoms with Gasteiger partial charge in [-0.05, 0) is 36.2 Å². The largest absolute Gasteiger partial charge is 0.494 e. The molecule has 0 saturated heterocycles. The van der Waals surface area contributed by atoms with Crippen molar-refractivity contribution in [1.29, 1.82) is 0 Å². The summed E-state index contributed by atoms with van der Waals surface area (Å²) in [6.45, 7) is 3.72. The van der Waals surface area contributed by atoms with E-state index in [1.165, 1.54) is 5.56 Å². The Kier molecular flexibility index (Phi) is 5.09. The molecule has 3 rings (SSSR count). The van der Waals surface area contributed by atoms with Gasteiger partial charge in [0.25, 0.3) is 0 Å². The number of benzene rings is 2. The average Bonchev–Trinajstić information content (AvgIpc) is 2.61. The highest BCUT2D eigenvalue weighted by Crippen LogP contribution is 2.21. The van der Waals surface area contributed by atoms with Crippen molar-refractivity contribution in [1.82, 2.24) is 4.98 Å². The number of anilines is 1. The van der Waals surface area contributed by atoms with Gasteiger partial charge in [0, 0.05) is 18.1 Å². The Morgan fingerprint density at radius 3 is 2.65 bits per heavy atom. The molecule has 0 radical (unpaired) electrons. The first-order chi connectivity index (χ1) is 11.4. The van der Waals surface area contributed by atoms with Gasteiger partial charge >= 0.3 is 0 Å². The predicted octanol–water partition coefficient (Wildman–Crippen LogP) is 5.03. The second kappa shape index (κ2) is 7.63. The second-order valence-electron chi connectivity index (χ2n) is 5.58. The van der Waals surface area contributed by atoms with Crippen LogP contribution in [0.3, 0.4) is 0 Å². The van der Waals surface area contributed by atoms with E-state index in [-0.39, 0.29) is 0 Å². The lowest BCUT2D eigenvalue weighted by Crippen LogP contribution is -2.01.